The zero-order valence-corrected chi connectivity index (χ0v) is 11.8. The molecule has 1 heterocycles. The molecule has 0 radical (unpaired) electrons. The van der Waals surface area contributed by atoms with Crippen LogP contribution >= 0.6 is 0 Å². The third-order valence-electron chi connectivity index (χ3n) is 3.26. The molecule has 1 saturated heterocycles. The first kappa shape index (κ1) is 14.0. The van der Waals surface area contributed by atoms with E-state index >= 15 is 0 Å². The Morgan fingerprint density at radius 1 is 1.47 bits per heavy atom. The van der Waals surface area contributed by atoms with Crippen molar-refractivity contribution in [2.75, 3.05) is 31.7 Å². The number of nitrogens with two attached hydrogens (primary N) is 1. The van der Waals surface area contributed by atoms with Crippen molar-refractivity contribution < 1.29 is 8.95 Å². The lowest BCUT2D eigenvalue weighted by molar-refractivity contribution is 0.285. The van der Waals surface area contributed by atoms with Gasteiger partial charge in [-0.25, -0.2) is 0 Å². The van der Waals surface area contributed by atoms with Crippen LogP contribution in [-0.4, -0.2) is 46.6 Å². The van der Waals surface area contributed by atoms with Crippen molar-refractivity contribution >= 4 is 16.6 Å². The van der Waals surface area contributed by atoms with Gasteiger partial charge in [-0.2, -0.15) is 0 Å². The molecule has 0 aromatic heterocycles. The molecule has 19 heavy (non-hydrogen) atoms. The molecule has 6 heteroatoms. The highest BCUT2D eigenvalue weighted by atomic mass is 32.2. The van der Waals surface area contributed by atoms with Crippen LogP contribution in [0.25, 0.3) is 0 Å². The number of hydrogen-bond donors (Lipinski definition) is 2. The second-order valence-corrected chi connectivity index (χ2v) is 6.26. The highest BCUT2D eigenvalue weighted by Crippen LogP contribution is 2.22. The summed E-state index contributed by atoms with van der Waals surface area (Å²) in [4.78, 5) is 2.25. The van der Waals surface area contributed by atoms with Gasteiger partial charge >= 0.3 is 0 Å². The fourth-order valence-corrected chi connectivity index (χ4v) is 3.27. The Hall–Kier alpha value is -1.40. The number of rotatable bonds is 4. The van der Waals surface area contributed by atoms with Crippen LogP contribution in [0.4, 0.5) is 0 Å². The lowest BCUT2D eigenvalue weighted by atomic mass is 10.1. The van der Waals surface area contributed by atoms with Crippen molar-refractivity contribution in [3.05, 3.63) is 29.3 Å². The van der Waals surface area contributed by atoms with Gasteiger partial charge < -0.3 is 10.5 Å². The average Bonchev–Trinajstić information content (AvgIpc) is 2.41. The molecule has 104 valence electrons. The Kier molecular flexibility index (Phi) is 4.55. The van der Waals surface area contributed by atoms with Crippen LogP contribution in [0, 0.1) is 5.41 Å². The summed E-state index contributed by atoms with van der Waals surface area (Å²) in [6, 6.07) is 5.52. The van der Waals surface area contributed by atoms with E-state index in [2.05, 4.69) is 4.90 Å². The number of amidine groups is 1. The van der Waals surface area contributed by atoms with Gasteiger partial charge in [0.2, 0.25) is 0 Å². The van der Waals surface area contributed by atoms with Crippen LogP contribution in [0.1, 0.15) is 11.1 Å². The normalized spacial score (nSPS) is 17.3. The maximum atomic E-state index is 11.3. The number of ether oxygens (including phenoxy) is 1. The van der Waals surface area contributed by atoms with E-state index in [1.165, 1.54) is 0 Å². The lowest BCUT2D eigenvalue weighted by Crippen LogP contribution is -2.37. The fourth-order valence-electron chi connectivity index (χ4n) is 2.14. The Morgan fingerprint density at radius 3 is 2.74 bits per heavy atom. The van der Waals surface area contributed by atoms with Gasteiger partial charge in [0.05, 0.1) is 7.11 Å². The molecule has 0 amide bonds. The van der Waals surface area contributed by atoms with Crippen LogP contribution in [0.15, 0.2) is 18.2 Å². The van der Waals surface area contributed by atoms with Gasteiger partial charge in [0.15, 0.2) is 0 Å². The van der Waals surface area contributed by atoms with Gasteiger partial charge in [-0.1, -0.05) is 0 Å². The fraction of sp³-hybridized carbons (Fsp3) is 0.462. The smallest absolute Gasteiger partial charge is 0.123 e. The number of nitrogens with zero attached hydrogens (tertiary/aromatic N) is 1. The van der Waals surface area contributed by atoms with Crippen LogP contribution < -0.4 is 10.5 Å². The second kappa shape index (κ2) is 6.16. The van der Waals surface area contributed by atoms with Crippen LogP contribution in [0.2, 0.25) is 0 Å². The summed E-state index contributed by atoms with van der Waals surface area (Å²) >= 11 is 0. The zero-order valence-electron chi connectivity index (χ0n) is 11.0. The predicted octanol–water partition coefficient (Wildman–Crippen LogP) is 0.544. The Balaban J connectivity index is 2.15. The van der Waals surface area contributed by atoms with E-state index in [-0.39, 0.29) is 5.84 Å². The largest absolute Gasteiger partial charge is 0.496 e. The molecule has 0 aliphatic carbocycles. The molecule has 0 spiro atoms. The molecule has 1 aliphatic heterocycles. The summed E-state index contributed by atoms with van der Waals surface area (Å²) in [7, 11) is 0.972. The minimum Gasteiger partial charge on any atom is -0.496 e. The highest BCUT2D eigenvalue weighted by molar-refractivity contribution is 7.85. The predicted molar refractivity (Wildman–Crippen MR) is 77.2 cm³/mol. The van der Waals surface area contributed by atoms with E-state index in [1.807, 2.05) is 12.1 Å². The quantitative estimate of drug-likeness (QED) is 0.624. The second-order valence-electron chi connectivity index (χ2n) is 4.56. The van der Waals surface area contributed by atoms with Gasteiger partial charge in [-0.15, -0.1) is 0 Å². The van der Waals surface area contributed by atoms with Crippen LogP contribution in [0.3, 0.4) is 0 Å². The van der Waals surface area contributed by atoms with Gasteiger partial charge in [-0.3, -0.25) is 14.5 Å². The Morgan fingerprint density at radius 2 is 2.16 bits per heavy atom. The molecule has 0 bridgehead atoms. The van der Waals surface area contributed by atoms with Crippen LogP contribution in [-0.2, 0) is 17.3 Å². The van der Waals surface area contributed by atoms with Crippen molar-refractivity contribution in [2.45, 2.75) is 6.54 Å². The molecule has 1 aromatic carbocycles. The molecule has 5 nitrogen and oxygen atoms in total. The van der Waals surface area contributed by atoms with E-state index in [4.69, 9.17) is 15.9 Å². The minimum atomic E-state index is -0.665. The third-order valence-corrected chi connectivity index (χ3v) is 4.53. The molecule has 3 N–H and O–H groups in total. The standard InChI is InChI=1S/C13H19N3O2S/c1-18-12-3-2-10(13(14)15)8-11(12)9-16-4-6-19(17)7-5-16/h2-3,8H,4-7,9H2,1H3,(H3,14,15). The van der Waals surface area contributed by atoms with E-state index < -0.39 is 10.8 Å². The number of benzene rings is 1. The number of methoxy groups -OCH3 is 1. The molecule has 0 saturated carbocycles. The maximum Gasteiger partial charge on any atom is 0.123 e. The van der Waals surface area contributed by atoms with E-state index in [1.54, 1.807) is 13.2 Å². The van der Waals surface area contributed by atoms with E-state index in [0.29, 0.717) is 5.56 Å². The molecule has 0 unspecified atom stereocenters. The zero-order chi connectivity index (χ0) is 13.8. The molecular weight excluding hydrogens is 262 g/mol. The minimum absolute atomic E-state index is 0.0589. The molecule has 0 atom stereocenters. The molecule has 1 fully saturated rings. The van der Waals surface area contributed by atoms with Gasteiger partial charge in [0, 0.05) is 53.1 Å². The van der Waals surface area contributed by atoms with Gasteiger partial charge in [0.25, 0.3) is 0 Å². The van der Waals surface area contributed by atoms with Crippen LogP contribution in [0.5, 0.6) is 5.75 Å². The van der Waals surface area contributed by atoms with E-state index in [0.717, 1.165) is 42.5 Å². The Bertz CT molecular complexity index is 495. The van der Waals surface area contributed by atoms with Crippen molar-refractivity contribution in [1.29, 1.82) is 5.41 Å². The van der Waals surface area contributed by atoms with Crippen molar-refractivity contribution in [2.24, 2.45) is 5.73 Å². The summed E-state index contributed by atoms with van der Waals surface area (Å²) in [6.45, 7) is 2.40. The summed E-state index contributed by atoms with van der Waals surface area (Å²) < 4.78 is 16.7. The molecular formula is C13H19N3O2S. The number of nitrogen functional groups attached to an aromatic ring is 1. The number of hydrogen-bond acceptors (Lipinski definition) is 4. The maximum absolute atomic E-state index is 11.3. The Labute approximate surface area is 115 Å². The van der Waals surface area contributed by atoms with E-state index in [9.17, 15) is 4.21 Å². The van der Waals surface area contributed by atoms with Crippen molar-refractivity contribution in [1.82, 2.24) is 4.90 Å². The van der Waals surface area contributed by atoms with Crippen molar-refractivity contribution in [3.8, 4) is 5.75 Å². The number of nitrogens with one attached hydrogen (secondary N) is 1. The molecule has 2 rings (SSSR count). The third kappa shape index (κ3) is 3.54. The molecule has 1 aliphatic rings. The SMILES string of the molecule is COc1ccc(C(=N)N)cc1CN1CCS(=O)CC1. The van der Waals surface area contributed by atoms with Gasteiger partial charge in [0.1, 0.15) is 11.6 Å². The monoisotopic (exact) mass is 281 g/mol. The van der Waals surface area contributed by atoms with Crippen molar-refractivity contribution in [3.63, 3.8) is 0 Å². The molecule has 1 aromatic rings. The summed E-state index contributed by atoms with van der Waals surface area (Å²) in [5.41, 5.74) is 7.24. The topological polar surface area (TPSA) is 79.4 Å². The summed E-state index contributed by atoms with van der Waals surface area (Å²) in [5.74, 6) is 2.32. The average molecular weight is 281 g/mol. The first-order chi connectivity index (χ1) is 9.10. The summed E-state index contributed by atoms with van der Waals surface area (Å²) in [5, 5.41) is 7.49. The first-order valence-electron chi connectivity index (χ1n) is 6.19. The first-order valence-corrected chi connectivity index (χ1v) is 7.67. The van der Waals surface area contributed by atoms with Gasteiger partial charge in [-0.05, 0) is 18.2 Å². The lowest BCUT2D eigenvalue weighted by Gasteiger charge is -2.26. The highest BCUT2D eigenvalue weighted by Gasteiger charge is 2.17. The summed E-state index contributed by atoms with van der Waals surface area (Å²) in [6.07, 6.45) is 0.